The smallest absolute Gasteiger partial charge is 0.138 e. The molecule has 0 fully saturated rings. The molecule has 0 spiro atoms. The summed E-state index contributed by atoms with van der Waals surface area (Å²) in [6.07, 6.45) is 0.712. The molecule has 0 aliphatic rings. The summed E-state index contributed by atoms with van der Waals surface area (Å²) in [7, 11) is 0. The topological polar surface area (TPSA) is 24.9 Å². The Kier molecular flexibility index (Phi) is 3.62. The van der Waals surface area contributed by atoms with Crippen LogP contribution < -0.4 is 5.32 Å². The van der Waals surface area contributed by atoms with Gasteiger partial charge >= 0.3 is 0 Å². The fraction of sp³-hybridized carbons (Fsp3) is 0.400. The zero-order chi connectivity index (χ0) is 13.2. The van der Waals surface area contributed by atoms with E-state index in [1.54, 1.807) is 6.20 Å². The van der Waals surface area contributed by atoms with E-state index < -0.39 is 6.17 Å². The molecule has 2 rings (SSSR count). The van der Waals surface area contributed by atoms with Gasteiger partial charge in [-0.05, 0) is 38.5 Å². The molecule has 0 saturated heterocycles. The number of hydrogen-bond donors (Lipinski definition) is 1. The third kappa shape index (κ3) is 3.05. The highest BCUT2D eigenvalue weighted by Crippen LogP contribution is 2.25. The highest BCUT2D eigenvalue weighted by molar-refractivity contribution is 5.82. The molecule has 18 heavy (non-hydrogen) atoms. The highest BCUT2D eigenvalue weighted by atomic mass is 19.1. The normalized spacial score (nSPS) is 13.8. The van der Waals surface area contributed by atoms with Crippen LogP contribution in [0.1, 0.15) is 32.5 Å². The van der Waals surface area contributed by atoms with Crippen molar-refractivity contribution in [2.24, 2.45) is 0 Å². The summed E-state index contributed by atoms with van der Waals surface area (Å²) in [5, 5.41) is 4.08. The van der Waals surface area contributed by atoms with E-state index in [1.807, 2.05) is 51.1 Å². The van der Waals surface area contributed by atoms with Gasteiger partial charge in [0, 0.05) is 23.7 Å². The first kappa shape index (κ1) is 13.0. The van der Waals surface area contributed by atoms with Crippen LogP contribution in [0, 0.1) is 0 Å². The standard InChI is InChI=1S/C15H19FN2/c1-15(2,3)18-10-13(16)11-6-4-8-14-12(11)7-5-9-17-14/h4-9,13,18H,10H2,1-3H3. The molecular weight excluding hydrogens is 227 g/mol. The minimum atomic E-state index is -1.02. The lowest BCUT2D eigenvalue weighted by atomic mass is 10.0. The van der Waals surface area contributed by atoms with Crippen LogP contribution in [0.4, 0.5) is 4.39 Å². The van der Waals surface area contributed by atoms with Crippen molar-refractivity contribution in [1.82, 2.24) is 10.3 Å². The number of aromatic nitrogens is 1. The van der Waals surface area contributed by atoms with Crippen LogP contribution in [0.15, 0.2) is 36.5 Å². The van der Waals surface area contributed by atoms with Crippen LogP contribution in [0.25, 0.3) is 10.9 Å². The number of benzene rings is 1. The Hall–Kier alpha value is -1.48. The van der Waals surface area contributed by atoms with Crippen molar-refractivity contribution in [3.8, 4) is 0 Å². The van der Waals surface area contributed by atoms with Crippen LogP contribution in [0.2, 0.25) is 0 Å². The number of hydrogen-bond acceptors (Lipinski definition) is 2. The van der Waals surface area contributed by atoms with Crippen LogP contribution in [0.5, 0.6) is 0 Å². The third-order valence-electron chi connectivity index (χ3n) is 2.83. The zero-order valence-electron chi connectivity index (χ0n) is 11.1. The van der Waals surface area contributed by atoms with Gasteiger partial charge in [-0.25, -0.2) is 4.39 Å². The molecule has 3 heteroatoms. The van der Waals surface area contributed by atoms with Crippen molar-refractivity contribution >= 4 is 10.9 Å². The monoisotopic (exact) mass is 246 g/mol. The molecule has 0 aliphatic carbocycles. The molecule has 0 saturated carbocycles. The van der Waals surface area contributed by atoms with Gasteiger partial charge in [0.1, 0.15) is 6.17 Å². The fourth-order valence-corrected chi connectivity index (χ4v) is 1.91. The molecular formula is C15H19FN2. The molecule has 2 aromatic rings. The molecule has 96 valence electrons. The largest absolute Gasteiger partial charge is 0.309 e. The first-order valence-corrected chi connectivity index (χ1v) is 6.20. The molecule has 1 unspecified atom stereocenters. The Bertz CT molecular complexity index is 526. The van der Waals surface area contributed by atoms with E-state index in [2.05, 4.69) is 10.3 Å². The van der Waals surface area contributed by atoms with E-state index in [0.29, 0.717) is 12.1 Å². The predicted molar refractivity (Wildman–Crippen MR) is 73.3 cm³/mol. The molecule has 1 aromatic carbocycles. The van der Waals surface area contributed by atoms with Gasteiger partial charge in [0.2, 0.25) is 0 Å². The van der Waals surface area contributed by atoms with E-state index in [0.717, 1.165) is 10.9 Å². The number of nitrogens with zero attached hydrogens (tertiary/aromatic N) is 1. The Morgan fingerprint density at radius 2 is 2.00 bits per heavy atom. The molecule has 1 N–H and O–H groups in total. The van der Waals surface area contributed by atoms with Gasteiger partial charge in [0.15, 0.2) is 0 Å². The van der Waals surface area contributed by atoms with Crippen LogP contribution in [-0.4, -0.2) is 17.1 Å². The molecule has 0 aliphatic heterocycles. The lowest BCUT2D eigenvalue weighted by Gasteiger charge is -2.22. The summed E-state index contributed by atoms with van der Waals surface area (Å²) < 4.78 is 14.3. The van der Waals surface area contributed by atoms with E-state index in [4.69, 9.17) is 0 Å². The summed E-state index contributed by atoms with van der Waals surface area (Å²) in [5.74, 6) is 0. The second-order valence-corrected chi connectivity index (χ2v) is 5.52. The quantitative estimate of drug-likeness (QED) is 0.894. The minimum absolute atomic E-state index is 0.0762. The van der Waals surface area contributed by atoms with Crippen molar-refractivity contribution < 1.29 is 4.39 Å². The van der Waals surface area contributed by atoms with Crippen LogP contribution in [-0.2, 0) is 0 Å². The first-order valence-electron chi connectivity index (χ1n) is 6.20. The number of pyridine rings is 1. The Morgan fingerprint density at radius 3 is 2.72 bits per heavy atom. The van der Waals surface area contributed by atoms with E-state index >= 15 is 0 Å². The number of nitrogens with one attached hydrogen (secondary N) is 1. The predicted octanol–water partition coefficient (Wildman–Crippen LogP) is 3.63. The van der Waals surface area contributed by atoms with Gasteiger partial charge < -0.3 is 5.32 Å². The molecule has 1 heterocycles. The van der Waals surface area contributed by atoms with Crippen molar-refractivity contribution in [3.63, 3.8) is 0 Å². The lowest BCUT2D eigenvalue weighted by molar-refractivity contribution is 0.293. The zero-order valence-corrected chi connectivity index (χ0v) is 11.1. The van der Waals surface area contributed by atoms with Crippen LogP contribution >= 0.6 is 0 Å². The van der Waals surface area contributed by atoms with E-state index in [-0.39, 0.29) is 5.54 Å². The molecule has 0 bridgehead atoms. The molecule has 0 radical (unpaired) electrons. The molecule has 1 aromatic heterocycles. The van der Waals surface area contributed by atoms with Gasteiger partial charge in [-0.1, -0.05) is 18.2 Å². The second kappa shape index (κ2) is 5.02. The average molecular weight is 246 g/mol. The third-order valence-corrected chi connectivity index (χ3v) is 2.83. The van der Waals surface area contributed by atoms with Crippen molar-refractivity contribution in [1.29, 1.82) is 0 Å². The summed E-state index contributed by atoms with van der Waals surface area (Å²) in [6.45, 7) is 6.41. The fourth-order valence-electron chi connectivity index (χ4n) is 1.91. The summed E-state index contributed by atoms with van der Waals surface area (Å²) in [6, 6.07) is 9.35. The Morgan fingerprint density at radius 1 is 1.22 bits per heavy atom. The van der Waals surface area contributed by atoms with Crippen molar-refractivity contribution in [2.45, 2.75) is 32.5 Å². The Labute approximate surface area is 107 Å². The number of alkyl halides is 1. The van der Waals surface area contributed by atoms with Gasteiger partial charge in [0.05, 0.1) is 5.52 Å². The Balaban J connectivity index is 2.25. The number of halogens is 1. The molecule has 0 amide bonds. The average Bonchev–Trinajstić information content (AvgIpc) is 2.34. The maximum absolute atomic E-state index is 14.3. The number of fused-ring (bicyclic) bond motifs is 1. The van der Waals surface area contributed by atoms with E-state index in [9.17, 15) is 4.39 Å². The maximum Gasteiger partial charge on any atom is 0.138 e. The minimum Gasteiger partial charge on any atom is -0.309 e. The SMILES string of the molecule is CC(C)(C)NCC(F)c1cccc2ncccc12. The number of rotatable bonds is 3. The van der Waals surface area contributed by atoms with Gasteiger partial charge in [-0.15, -0.1) is 0 Å². The van der Waals surface area contributed by atoms with Gasteiger partial charge in [-0.3, -0.25) is 4.98 Å². The molecule has 2 nitrogen and oxygen atoms in total. The summed E-state index contributed by atoms with van der Waals surface area (Å²) in [4.78, 5) is 4.25. The van der Waals surface area contributed by atoms with Crippen LogP contribution in [0.3, 0.4) is 0 Å². The van der Waals surface area contributed by atoms with Crippen molar-refractivity contribution in [2.75, 3.05) is 6.54 Å². The van der Waals surface area contributed by atoms with E-state index in [1.165, 1.54) is 0 Å². The van der Waals surface area contributed by atoms with Crippen molar-refractivity contribution in [3.05, 3.63) is 42.1 Å². The van der Waals surface area contributed by atoms with Gasteiger partial charge in [0.25, 0.3) is 0 Å². The maximum atomic E-state index is 14.3. The highest BCUT2D eigenvalue weighted by Gasteiger charge is 2.16. The lowest BCUT2D eigenvalue weighted by Crippen LogP contribution is -2.37. The first-order chi connectivity index (χ1) is 8.47. The summed E-state index contributed by atoms with van der Waals surface area (Å²) in [5.41, 5.74) is 1.47. The second-order valence-electron chi connectivity index (χ2n) is 5.52. The molecule has 1 atom stereocenters. The van der Waals surface area contributed by atoms with Gasteiger partial charge in [-0.2, -0.15) is 0 Å². The summed E-state index contributed by atoms with van der Waals surface area (Å²) >= 11 is 0.